The molecule has 2 aromatic rings. The number of fused-ring (bicyclic) bond motifs is 2. The fraction of sp³-hybridized carbons (Fsp3) is 0.450. The lowest BCUT2D eigenvalue weighted by atomic mass is 9.68. The molecule has 4 nitrogen and oxygen atoms in total. The van der Waals surface area contributed by atoms with Gasteiger partial charge in [-0.05, 0) is 64.7 Å². The third-order valence-electron chi connectivity index (χ3n) is 6.45. The number of hydrogen-bond acceptors (Lipinski definition) is 6. The van der Waals surface area contributed by atoms with Crippen LogP contribution in [-0.4, -0.2) is 42.8 Å². The van der Waals surface area contributed by atoms with Crippen molar-refractivity contribution in [2.24, 2.45) is 10.9 Å². The maximum Gasteiger partial charge on any atom is 0.431 e. The molecule has 148 valence electrons. The molecule has 1 aromatic heterocycles. The van der Waals surface area contributed by atoms with E-state index < -0.39 is 0 Å². The van der Waals surface area contributed by atoms with Crippen molar-refractivity contribution in [3.63, 3.8) is 0 Å². The van der Waals surface area contributed by atoms with Crippen LogP contribution in [0.4, 0.5) is 0 Å². The van der Waals surface area contributed by atoms with Crippen molar-refractivity contribution in [1.82, 2.24) is 4.72 Å². The molecule has 2 atom stereocenters. The Bertz CT molecular complexity index is 939. The number of hydrogen-bond donors (Lipinski definition) is 0. The van der Waals surface area contributed by atoms with Gasteiger partial charge in [-0.1, -0.05) is 42.1 Å². The molecule has 29 heavy (non-hydrogen) atoms. The van der Waals surface area contributed by atoms with Crippen LogP contribution in [0, 0.1) is 5.92 Å². The van der Waals surface area contributed by atoms with Crippen LogP contribution in [0.25, 0.3) is 0 Å². The van der Waals surface area contributed by atoms with Gasteiger partial charge >= 0.3 is 14.1 Å². The molecule has 4 aliphatic rings. The summed E-state index contributed by atoms with van der Waals surface area (Å²) in [6.45, 7) is 1.57. The second kappa shape index (κ2) is 7.45. The van der Waals surface area contributed by atoms with Crippen molar-refractivity contribution in [2.45, 2.75) is 31.2 Å². The maximum atomic E-state index is 5.64. The van der Waals surface area contributed by atoms with Gasteiger partial charge in [0.2, 0.25) is 0 Å². The highest BCUT2D eigenvalue weighted by Crippen LogP contribution is 2.53. The van der Waals surface area contributed by atoms with Gasteiger partial charge in [-0.15, -0.1) is 11.3 Å². The van der Waals surface area contributed by atoms with Crippen molar-refractivity contribution in [2.75, 3.05) is 18.8 Å². The molecule has 0 radical (unpaired) electrons. The summed E-state index contributed by atoms with van der Waals surface area (Å²) >= 11 is 7.52. The predicted molar refractivity (Wildman–Crippen MR) is 125 cm³/mol. The largest absolute Gasteiger partial charge is 0.431 e. The zero-order valence-electron chi connectivity index (χ0n) is 16.1. The Labute approximate surface area is 188 Å². The minimum atomic E-state index is -0.144. The Hall–Kier alpha value is -0.730. The monoisotopic (exact) mass is 486 g/mol. The van der Waals surface area contributed by atoms with Crippen LogP contribution in [0.1, 0.15) is 28.8 Å². The van der Waals surface area contributed by atoms with Gasteiger partial charge < -0.3 is 14.0 Å². The lowest BCUT2D eigenvalue weighted by Crippen LogP contribution is -2.47. The summed E-state index contributed by atoms with van der Waals surface area (Å²) in [7, 11) is 0.294. The number of aryl methyl sites for hydroxylation is 1. The molecule has 0 saturated carbocycles. The van der Waals surface area contributed by atoms with Crippen molar-refractivity contribution >= 4 is 58.3 Å². The van der Waals surface area contributed by atoms with Gasteiger partial charge in [-0.3, -0.25) is 4.99 Å². The summed E-state index contributed by atoms with van der Waals surface area (Å²) in [5.41, 5.74) is 2.72. The van der Waals surface area contributed by atoms with Gasteiger partial charge in [0.1, 0.15) is 5.17 Å². The standard InChI is InChI=1S/C20H21B2BrN2O2S2/c23-18-11-16-17(29-18)7-6-15(10-14-4-2-1-3-5-14)20(16)8-9-28-19(24-20)25(21-12-26-21)22-13-27-22/h1-5,11,15H,6-10,12-13H2. The van der Waals surface area contributed by atoms with E-state index in [0.717, 1.165) is 43.2 Å². The Kier molecular flexibility index (Phi) is 4.88. The topological polar surface area (TPSA) is 40.7 Å². The second-order valence-corrected chi connectivity index (χ2v) is 11.8. The van der Waals surface area contributed by atoms with Crippen molar-refractivity contribution in [1.29, 1.82) is 0 Å². The fourth-order valence-corrected chi connectivity index (χ4v) is 7.90. The zero-order chi connectivity index (χ0) is 19.4. The van der Waals surface area contributed by atoms with E-state index in [1.807, 2.05) is 23.1 Å². The SMILES string of the molecule is Brc1cc2c(s1)CCC(Cc1ccccc1)C21CCSC(N(B2CO2)B2CO2)=N1. The number of rotatable bonds is 4. The highest BCUT2D eigenvalue weighted by atomic mass is 79.9. The highest BCUT2D eigenvalue weighted by Gasteiger charge is 2.54. The molecule has 6 rings (SSSR count). The van der Waals surface area contributed by atoms with Gasteiger partial charge in [-0.2, -0.15) is 0 Å². The summed E-state index contributed by atoms with van der Waals surface area (Å²) in [5, 5.41) is 1.12. The van der Waals surface area contributed by atoms with Crippen LogP contribution in [0.15, 0.2) is 45.2 Å². The number of benzene rings is 1. The van der Waals surface area contributed by atoms with Crippen LogP contribution in [0.2, 0.25) is 0 Å². The first-order valence-corrected chi connectivity index (χ1v) is 12.9. The molecule has 4 heterocycles. The fourth-order valence-electron chi connectivity index (χ4n) is 4.90. The Morgan fingerprint density at radius 3 is 2.69 bits per heavy atom. The highest BCUT2D eigenvalue weighted by molar-refractivity contribution is 9.11. The number of thioether (sulfide) groups is 1. The third kappa shape index (κ3) is 3.53. The molecule has 1 aromatic carbocycles. The molecule has 1 spiro atoms. The Morgan fingerprint density at radius 1 is 1.21 bits per heavy atom. The number of thiophene rings is 1. The summed E-state index contributed by atoms with van der Waals surface area (Å²) in [6.07, 6.45) is 4.52. The lowest BCUT2D eigenvalue weighted by molar-refractivity contribution is 0.233. The summed E-state index contributed by atoms with van der Waals surface area (Å²) in [5.74, 6) is 1.60. The van der Waals surface area contributed by atoms with E-state index in [1.54, 1.807) is 0 Å². The van der Waals surface area contributed by atoms with E-state index in [9.17, 15) is 0 Å². The van der Waals surface area contributed by atoms with Crippen LogP contribution < -0.4 is 0 Å². The van der Waals surface area contributed by atoms with Crippen LogP contribution in [0.3, 0.4) is 0 Å². The molecule has 3 aliphatic heterocycles. The molecule has 2 fully saturated rings. The first-order valence-electron chi connectivity index (χ1n) is 10.3. The number of nitrogens with zero attached hydrogens (tertiary/aromatic N) is 2. The van der Waals surface area contributed by atoms with E-state index >= 15 is 0 Å². The molecule has 2 unspecified atom stereocenters. The average molecular weight is 487 g/mol. The minimum Gasteiger partial charge on any atom is -0.418 e. The zero-order valence-corrected chi connectivity index (χ0v) is 19.3. The normalized spacial score (nSPS) is 27.6. The molecule has 2 saturated heterocycles. The van der Waals surface area contributed by atoms with Crippen molar-refractivity contribution in [3.8, 4) is 0 Å². The summed E-state index contributed by atoms with van der Waals surface area (Å²) < 4.78 is 14.8. The van der Waals surface area contributed by atoms with Crippen LogP contribution >= 0.6 is 39.0 Å². The first-order chi connectivity index (χ1) is 14.2. The predicted octanol–water partition coefficient (Wildman–Crippen LogP) is 4.42. The van der Waals surface area contributed by atoms with Crippen LogP contribution in [0.5, 0.6) is 0 Å². The number of halogens is 1. The average Bonchev–Trinajstić information content (AvgIpc) is 3.66. The molecule has 0 N–H and O–H groups in total. The van der Waals surface area contributed by atoms with Crippen LogP contribution in [-0.2, 0) is 27.7 Å². The smallest absolute Gasteiger partial charge is 0.418 e. The van der Waals surface area contributed by atoms with Gasteiger partial charge in [0.15, 0.2) is 0 Å². The second-order valence-electron chi connectivity index (χ2n) is 8.21. The van der Waals surface area contributed by atoms with E-state index in [2.05, 4.69) is 57.1 Å². The van der Waals surface area contributed by atoms with E-state index in [-0.39, 0.29) is 19.6 Å². The Morgan fingerprint density at radius 2 is 1.97 bits per heavy atom. The molecular weight excluding hydrogens is 466 g/mol. The Balaban J connectivity index is 1.43. The van der Waals surface area contributed by atoms with E-state index in [4.69, 9.17) is 14.3 Å². The van der Waals surface area contributed by atoms with E-state index in [1.165, 1.54) is 26.2 Å². The van der Waals surface area contributed by atoms with Gasteiger partial charge in [-0.25, -0.2) is 0 Å². The van der Waals surface area contributed by atoms with Gasteiger partial charge in [0.05, 0.1) is 22.3 Å². The minimum absolute atomic E-state index is 0.144. The third-order valence-corrected chi connectivity index (χ3v) is 9.11. The maximum absolute atomic E-state index is 5.64. The van der Waals surface area contributed by atoms with Gasteiger partial charge in [0, 0.05) is 10.6 Å². The van der Waals surface area contributed by atoms with Crippen molar-refractivity contribution < 1.29 is 9.31 Å². The molecule has 1 aliphatic carbocycles. The number of amidine groups is 1. The summed E-state index contributed by atoms with van der Waals surface area (Å²) in [4.78, 5) is 7.07. The number of aliphatic imine (C=N–C) groups is 1. The summed E-state index contributed by atoms with van der Waals surface area (Å²) in [6, 6.07) is 13.3. The quantitative estimate of drug-likeness (QED) is 0.474. The van der Waals surface area contributed by atoms with E-state index in [0.29, 0.717) is 5.92 Å². The van der Waals surface area contributed by atoms with Gasteiger partial charge in [0.25, 0.3) is 0 Å². The molecule has 0 amide bonds. The first kappa shape index (κ1) is 19.0. The van der Waals surface area contributed by atoms with Crippen molar-refractivity contribution in [3.05, 3.63) is 56.2 Å². The lowest BCUT2D eigenvalue weighted by Gasteiger charge is -2.45. The molecule has 0 bridgehead atoms. The molecular formula is C20H21B2BrN2O2S2. The molecule has 9 heteroatoms.